The van der Waals surface area contributed by atoms with Crippen LogP contribution in [-0.4, -0.2) is 21.7 Å². The number of Topliss-reactive ketones (excluding diaryl/α,β-unsaturated/α-hetero) is 1. The summed E-state index contributed by atoms with van der Waals surface area (Å²) in [5.41, 5.74) is 4.80. The van der Waals surface area contributed by atoms with Gasteiger partial charge in [-0.15, -0.1) is 0 Å². The summed E-state index contributed by atoms with van der Waals surface area (Å²) in [6.45, 7) is 0. The molecular weight excluding hydrogens is 247 g/mol. The van der Waals surface area contributed by atoms with Crippen LogP contribution >= 0.6 is 0 Å². The summed E-state index contributed by atoms with van der Waals surface area (Å²) in [5.74, 6) is -2.05. The first-order valence-corrected chi connectivity index (χ1v) is 4.91. The fourth-order valence-corrected chi connectivity index (χ4v) is 1.41. The number of alkyl halides is 3. The molecule has 2 aromatic rings. The third kappa shape index (κ3) is 2.20. The zero-order chi connectivity index (χ0) is 13.3. The van der Waals surface area contributed by atoms with Gasteiger partial charge in [0.1, 0.15) is 0 Å². The van der Waals surface area contributed by atoms with E-state index in [9.17, 15) is 18.0 Å². The molecule has 0 aliphatic carbocycles. The van der Waals surface area contributed by atoms with E-state index in [2.05, 4.69) is 5.10 Å². The minimum Gasteiger partial charge on any atom is -0.396 e. The van der Waals surface area contributed by atoms with Gasteiger partial charge < -0.3 is 5.73 Å². The van der Waals surface area contributed by atoms with E-state index in [0.29, 0.717) is 5.69 Å². The Hall–Kier alpha value is -2.31. The molecule has 0 saturated carbocycles. The average molecular weight is 255 g/mol. The lowest BCUT2D eigenvalue weighted by molar-refractivity contribution is -0.0887. The van der Waals surface area contributed by atoms with Crippen molar-refractivity contribution in [3.8, 4) is 5.69 Å². The van der Waals surface area contributed by atoms with E-state index in [0.717, 1.165) is 4.68 Å². The van der Waals surface area contributed by atoms with Crippen molar-refractivity contribution in [3.05, 3.63) is 42.2 Å². The molecule has 0 bridgehead atoms. The number of hydrogen-bond acceptors (Lipinski definition) is 3. The Morgan fingerprint density at radius 3 is 2.39 bits per heavy atom. The Morgan fingerprint density at radius 2 is 1.83 bits per heavy atom. The zero-order valence-electron chi connectivity index (χ0n) is 8.98. The molecule has 0 saturated heterocycles. The van der Waals surface area contributed by atoms with Gasteiger partial charge in [0.25, 0.3) is 5.78 Å². The maximum Gasteiger partial charge on any atom is 0.456 e. The molecule has 0 aliphatic rings. The smallest absolute Gasteiger partial charge is 0.396 e. The molecule has 2 N–H and O–H groups in total. The van der Waals surface area contributed by atoms with Crippen LogP contribution in [0, 0.1) is 0 Å². The van der Waals surface area contributed by atoms with E-state index < -0.39 is 17.7 Å². The molecule has 0 fully saturated rings. The first kappa shape index (κ1) is 12.2. The van der Waals surface area contributed by atoms with Gasteiger partial charge in [0.05, 0.1) is 17.6 Å². The van der Waals surface area contributed by atoms with Gasteiger partial charge in [0, 0.05) is 0 Å². The van der Waals surface area contributed by atoms with Crippen LogP contribution in [0.4, 0.5) is 18.9 Å². The summed E-state index contributed by atoms with van der Waals surface area (Å²) < 4.78 is 37.9. The lowest BCUT2D eigenvalue weighted by Crippen LogP contribution is -2.24. The van der Waals surface area contributed by atoms with Crippen LogP contribution in [-0.2, 0) is 0 Å². The third-order valence-corrected chi connectivity index (χ3v) is 2.24. The normalized spacial score (nSPS) is 11.5. The van der Waals surface area contributed by atoms with Gasteiger partial charge in [-0.25, -0.2) is 4.68 Å². The summed E-state index contributed by atoms with van der Waals surface area (Å²) >= 11 is 0. The number of benzene rings is 1. The van der Waals surface area contributed by atoms with Crippen molar-refractivity contribution in [1.29, 1.82) is 0 Å². The SMILES string of the molecule is Nc1cn(-c2ccccc2)nc1C(=O)C(F)(F)F. The van der Waals surface area contributed by atoms with Crippen LogP contribution < -0.4 is 5.73 Å². The molecule has 94 valence electrons. The quantitative estimate of drug-likeness (QED) is 0.837. The van der Waals surface area contributed by atoms with Crippen LogP contribution in [0.1, 0.15) is 10.5 Å². The maximum absolute atomic E-state index is 12.3. The fourth-order valence-electron chi connectivity index (χ4n) is 1.41. The monoisotopic (exact) mass is 255 g/mol. The van der Waals surface area contributed by atoms with Gasteiger partial charge in [-0.1, -0.05) is 18.2 Å². The Kier molecular flexibility index (Phi) is 2.82. The highest BCUT2D eigenvalue weighted by Crippen LogP contribution is 2.24. The predicted octanol–water partition coefficient (Wildman–Crippen LogP) is 2.20. The van der Waals surface area contributed by atoms with Gasteiger partial charge in [-0.2, -0.15) is 18.3 Å². The summed E-state index contributed by atoms with van der Waals surface area (Å²) in [5, 5.41) is 3.57. The number of nitrogens with two attached hydrogens (primary N) is 1. The first-order chi connectivity index (χ1) is 8.39. The average Bonchev–Trinajstić information content (AvgIpc) is 2.70. The van der Waals surface area contributed by atoms with Crippen molar-refractivity contribution in [3.63, 3.8) is 0 Å². The van der Waals surface area contributed by atoms with Crippen molar-refractivity contribution in [1.82, 2.24) is 9.78 Å². The van der Waals surface area contributed by atoms with Gasteiger partial charge in [0.15, 0.2) is 5.69 Å². The molecule has 0 aliphatic heterocycles. The molecule has 7 heteroatoms. The molecule has 2 rings (SSSR count). The summed E-state index contributed by atoms with van der Waals surface area (Å²) in [6, 6.07) is 8.40. The molecule has 0 radical (unpaired) electrons. The molecule has 1 heterocycles. The van der Waals surface area contributed by atoms with Crippen molar-refractivity contribution in [2.75, 3.05) is 5.73 Å². The number of anilines is 1. The minimum atomic E-state index is -4.98. The second-order valence-electron chi connectivity index (χ2n) is 3.54. The Balaban J connectivity index is 2.43. The maximum atomic E-state index is 12.3. The van der Waals surface area contributed by atoms with Crippen LogP contribution in [0.3, 0.4) is 0 Å². The third-order valence-electron chi connectivity index (χ3n) is 2.24. The number of carbonyl (C=O) groups excluding carboxylic acids is 1. The first-order valence-electron chi connectivity index (χ1n) is 4.91. The number of para-hydroxylation sites is 1. The molecule has 0 amide bonds. The number of carbonyl (C=O) groups is 1. The second kappa shape index (κ2) is 4.17. The van der Waals surface area contributed by atoms with E-state index >= 15 is 0 Å². The number of nitrogen functional groups attached to an aromatic ring is 1. The van der Waals surface area contributed by atoms with Gasteiger partial charge in [-0.3, -0.25) is 4.79 Å². The summed E-state index contributed by atoms with van der Waals surface area (Å²) in [6.07, 6.45) is -3.81. The zero-order valence-corrected chi connectivity index (χ0v) is 8.98. The van der Waals surface area contributed by atoms with E-state index in [1.807, 2.05) is 0 Å². The summed E-state index contributed by atoms with van der Waals surface area (Å²) in [4.78, 5) is 11.1. The number of ketones is 1. The van der Waals surface area contributed by atoms with Gasteiger partial charge in [0.2, 0.25) is 0 Å². The van der Waals surface area contributed by atoms with Crippen molar-refractivity contribution in [2.24, 2.45) is 0 Å². The van der Waals surface area contributed by atoms with E-state index in [1.54, 1.807) is 30.3 Å². The summed E-state index contributed by atoms with van der Waals surface area (Å²) in [7, 11) is 0. The molecule has 18 heavy (non-hydrogen) atoms. The Labute approximate surface area is 99.8 Å². The highest BCUT2D eigenvalue weighted by atomic mass is 19.4. The Bertz CT molecular complexity index is 575. The minimum absolute atomic E-state index is 0.304. The van der Waals surface area contributed by atoms with Gasteiger partial charge >= 0.3 is 6.18 Å². The second-order valence-corrected chi connectivity index (χ2v) is 3.54. The van der Waals surface area contributed by atoms with Crippen molar-refractivity contribution >= 4 is 11.5 Å². The predicted molar refractivity (Wildman–Crippen MR) is 58.4 cm³/mol. The van der Waals surface area contributed by atoms with E-state index in [-0.39, 0.29) is 5.69 Å². The number of hydrogen-bond donors (Lipinski definition) is 1. The molecule has 0 atom stereocenters. The molecule has 0 spiro atoms. The molecule has 4 nitrogen and oxygen atoms in total. The molecular formula is C11H8F3N3O. The van der Waals surface area contributed by atoms with E-state index in [1.165, 1.54) is 6.20 Å². The fraction of sp³-hybridized carbons (Fsp3) is 0.0909. The number of halogens is 3. The van der Waals surface area contributed by atoms with Gasteiger partial charge in [-0.05, 0) is 12.1 Å². The van der Waals surface area contributed by atoms with Crippen LogP contribution in [0.15, 0.2) is 36.5 Å². The van der Waals surface area contributed by atoms with Crippen molar-refractivity contribution in [2.45, 2.75) is 6.18 Å². The lowest BCUT2D eigenvalue weighted by Gasteiger charge is -2.02. The molecule has 1 aromatic carbocycles. The number of nitrogens with zero attached hydrogens (tertiary/aromatic N) is 2. The standard InChI is InChI=1S/C11H8F3N3O/c12-11(13,14)10(18)9-8(15)6-17(16-9)7-4-2-1-3-5-7/h1-6H,15H2. The van der Waals surface area contributed by atoms with E-state index in [4.69, 9.17) is 5.73 Å². The highest BCUT2D eigenvalue weighted by molar-refractivity contribution is 6.02. The number of rotatable bonds is 2. The number of aromatic nitrogens is 2. The topological polar surface area (TPSA) is 60.9 Å². The van der Waals surface area contributed by atoms with Crippen LogP contribution in [0.2, 0.25) is 0 Å². The van der Waals surface area contributed by atoms with Crippen LogP contribution in [0.25, 0.3) is 5.69 Å². The van der Waals surface area contributed by atoms with Crippen molar-refractivity contribution < 1.29 is 18.0 Å². The lowest BCUT2D eigenvalue weighted by atomic mass is 10.2. The molecule has 1 aromatic heterocycles. The Morgan fingerprint density at radius 1 is 1.22 bits per heavy atom. The highest BCUT2D eigenvalue weighted by Gasteiger charge is 2.42. The largest absolute Gasteiger partial charge is 0.456 e. The molecule has 0 unspecified atom stereocenters. The van der Waals surface area contributed by atoms with Crippen LogP contribution in [0.5, 0.6) is 0 Å².